The highest BCUT2D eigenvalue weighted by Crippen LogP contribution is 2.42. The second kappa shape index (κ2) is 35.8. The number of rotatable bonds is 21. The van der Waals surface area contributed by atoms with E-state index in [9.17, 15) is 136 Å². The number of aliphatic hydroxyl groups excluding tert-OH is 18. The summed E-state index contributed by atoms with van der Waals surface area (Å²) < 4.78 is 73.8. The van der Waals surface area contributed by atoms with Gasteiger partial charge in [0.15, 0.2) is 18.9 Å². The molecular weight excluding hydrogens is 1510 g/mol. The Hall–Kier alpha value is -6.96. The first-order valence-electron chi connectivity index (χ1n) is 34.4. The van der Waals surface area contributed by atoms with Crippen molar-refractivity contribution in [1.82, 2.24) is 60.9 Å². The van der Waals surface area contributed by atoms with E-state index in [4.69, 9.17) is 56.8 Å². The molecule has 10 rings (SSSR count). The Morgan fingerprint density at radius 1 is 0.441 bits per heavy atom. The molecule has 21 N–H and O–H groups in total. The summed E-state index contributed by atoms with van der Waals surface area (Å²) in [5.74, 6) is -19.8. The number of hydrogen-bond donors (Lipinski definition) is 21. The molecule has 3 aromatic heterocycles. The van der Waals surface area contributed by atoms with E-state index in [1.807, 2.05) is 0 Å². The predicted molar refractivity (Wildman–Crippen MR) is 331 cm³/mol. The van der Waals surface area contributed by atoms with Crippen molar-refractivity contribution in [2.75, 3.05) is 19.8 Å². The molecule has 624 valence electrons. The number of aliphatic hydroxyl groups is 18. The van der Waals surface area contributed by atoms with E-state index < -0.39 is 315 Å². The molecule has 6 saturated heterocycles. The number of aromatic nitrogens is 9. The molecule has 0 spiro atoms. The quantitative estimate of drug-likeness (QED) is 0.0471. The van der Waals surface area contributed by atoms with Crippen LogP contribution >= 0.6 is 0 Å². The summed E-state index contributed by atoms with van der Waals surface area (Å²) in [6, 6.07) is -5.25. The molecule has 51 nitrogen and oxygen atoms in total. The van der Waals surface area contributed by atoms with Gasteiger partial charge in [0.2, 0.25) is 35.1 Å². The Kier molecular flexibility index (Phi) is 27.9. The lowest BCUT2D eigenvalue weighted by Gasteiger charge is -2.52. The summed E-state index contributed by atoms with van der Waals surface area (Å²) in [5.41, 5.74) is -0.586. The highest BCUT2D eigenvalue weighted by atomic mass is 16.8. The fourth-order valence-corrected chi connectivity index (χ4v) is 13.9. The minimum Gasteiger partial charge on any atom is -0.544 e. The molecule has 3 aromatic rings. The first-order chi connectivity index (χ1) is 52.4. The first kappa shape index (κ1) is 86.4. The van der Waals surface area contributed by atoms with Crippen molar-refractivity contribution in [2.45, 2.75) is 280 Å². The molecule has 0 aromatic carbocycles. The largest absolute Gasteiger partial charge is 0.544 e. The summed E-state index contributed by atoms with van der Waals surface area (Å²) >= 11 is 0. The smallest absolute Gasteiger partial charge is 0.217 e. The summed E-state index contributed by atoms with van der Waals surface area (Å²) in [7, 11) is 0. The van der Waals surface area contributed by atoms with E-state index in [0.717, 1.165) is 53.4 Å². The molecule has 10 heterocycles. The van der Waals surface area contributed by atoms with Crippen LogP contribution in [0.1, 0.15) is 57.1 Å². The van der Waals surface area contributed by atoms with E-state index in [0.29, 0.717) is 0 Å². The maximum absolute atomic E-state index is 13.4. The Balaban J connectivity index is 1.02. The van der Waals surface area contributed by atoms with Crippen molar-refractivity contribution < 1.29 is 193 Å². The number of hydrogen-bond acceptors (Lipinski definition) is 45. The minimum absolute atomic E-state index is 0.195. The van der Waals surface area contributed by atoms with Gasteiger partial charge in [-0.3, -0.25) is 14.4 Å². The summed E-state index contributed by atoms with van der Waals surface area (Å²) in [4.78, 5) is 77.1. The van der Waals surface area contributed by atoms with Crippen LogP contribution in [-0.2, 0) is 125 Å². The lowest BCUT2D eigenvalue weighted by Crippen LogP contribution is -2.72. The van der Waals surface area contributed by atoms with Gasteiger partial charge in [0.25, 0.3) is 0 Å². The van der Waals surface area contributed by atoms with Gasteiger partial charge >= 0.3 is 0 Å². The molecule has 0 saturated carbocycles. The van der Waals surface area contributed by atoms with Crippen LogP contribution in [-0.4, -0.2) is 393 Å². The highest BCUT2D eigenvalue weighted by molar-refractivity contribution is 5.77. The number of nitrogens with one attached hydrogen (secondary N) is 3. The molecule has 12 bridgehead atoms. The molecule has 33 atom stereocenters. The number of amides is 3. The van der Waals surface area contributed by atoms with Gasteiger partial charge in [-0.2, -0.15) is 0 Å². The fourth-order valence-electron chi connectivity index (χ4n) is 13.9. The lowest BCUT2D eigenvalue weighted by atomic mass is 9.88. The third-order valence-electron chi connectivity index (χ3n) is 19.5. The Morgan fingerprint density at radius 2 is 0.685 bits per heavy atom. The predicted octanol–water partition coefficient (Wildman–Crippen LogP) is -19.6. The standard InChI is InChI=1S/C60H90N12O39/c1-19(76)61-34-25(79)4-58(55(94)95,106-46(34)37(85)28(82)13-73)109-49-40(88)31-10-70-7-23(65-67-70)17-101-53-44(92)51(111-60(57(98)99)6-27(81)36(63-21(3)78)48(108-60)39(87)30(84)15-75)42(90)33(105-53)12-72-9-24(66-69-72)18-102-54-45(93)50(41(89)32(104-54)11-71-8-22(64-68-71)16-100-52(103-31)43(49)91)110-59(56(96)97)5-26(80)35(62-20(2)77)47(107-59)38(86)29(83)14-74/h7-9,25-54,73-75,79-93H,4-6,10-18H2,1-3H3,(H,61,76)(H,62,77)(H,63,78)(H,94,95)(H,96,97)(H,98,99)/p-3/t25-,26-,27-,28-,29+,30+,31+,32+,33+,34+,35+,36+,37-,38+,39+,40-,41-,42-,43+,44+,45+,46+,47+,48+,49-,50-,51-,52+,53+,54+,58-,59-,60-/m0/s1. The van der Waals surface area contributed by atoms with E-state index in [-0.39, 0.29) is 17.1 Å². The fraction of sp³-hybridized carbons (Fsp3) is 0.800. The second-order valence-corrected chi connectivity index (χ2v) is 27.6. The average Bonchev–Trinajstić information content (AvgIpc) is 1.53. The topological polar surface area (TPSA) is 775 Å². The van der Waals surface area contributed by atoms with Crippen LogP contribution in [0.15, 0.2) is 18.6 Å². The summed E-state index contributed by atoms with van der Waals surface area (Å²) in [6.07, 6.45) is -59.3. The van der Waals surface area contributed by atoms with E-state index in [1.54, 1.807) is 0 Å². The second-order valence-electron chi connectivity index (χ2n) is 27.6. The van der Waals surface area contributed by atoms with Crippen LogP contribution in [0.2, 0.25) is 0 Å². The van der Waals surface area contributed by atoms with Crippen molar-refractivity contribution in [3.05, 3.63) is 35.7 Å². The number of fused-ring (bicyclic) bond motifs is 12. The Bertz CT molecular complexity index is 3300. The third-order valence-corrected chi connectivity index (χ3v) is 19.5. The monoisotopic (exact) mass is 1600 g/mol. The van der Waals surface area contributed by atoms with Gasteiger partial charge < -0.3 is 194 Å². The zero-order chi connectivity index (χ0) is 81.2. The van der Waals surface area contributed by atoms with Crippen LogP contribution in [0.3, 0.4) is 0 Å². The average molecular weight is 1600 g/mol. The first-order valence-corrected chi connectivity index (χ1v) is 34.4. The summed E-state index contributed by atoms with van der Waals surface area (Å²) in [5, 5.41) is 272. The number of carbonyl (C=O) groups is 6. The molecule has 111 heavy (non-hydrogen) atoms. The highest BCUT2D eigenvalue weighted by Gasteiger charge is 2.61. The zero-order valence-corrected chi connectivity index (χ0v) is 58.7. The maximum Gasteiger partial charge on any atom is 0.217 e. The third kappa shape index (κ3) is 18.9. The van der Waals surface area contributed by atoms with Crippen LogP contribution < -0.4 is 31.3 Å². The van der Waals surface area contributed by atoms with Gasteiger partial charge in [-0.25, -0.2) is 14.0 Å². The normalized spacial score (nSPS) is 39.5. The molecule has 3 amide bonds. The van der Waals surface area contributed by atoms with Crippen molar-refractivity contribution in [1.29, 1.82) is 0 Å². The molecule has 6 fully saturated rings. The van der Waals surface area contributed by atoms with Gasteiger partial charge in [-0.15, -0.1) is 15.3 Å². The SMILES string of the molecule is CC(=O)N[C@H]1[C@H]([C@@H](O)[C@@H](O)CO)O[C@@](O[C@H]2[C@@H](O)[C@H]3Cn4cc(nn4)CO[C@@H]4O[C@H](Cn5cc(nn5)CO[C@@H]5O[C@H](Cn6cc(nn6)CO[C@H](O3)[C@@H]2O)[C@H](O)[C@H](O[C@]2(C(=O)[O-])C[C@H](O)[C@@H](NC(C)=O)[C@H]([C@H](O)[C@H](O)CO)O2)[C@H]5O)[C@H](O)[C@H](O[C@]2(C(=O)[O-])C[C@H](O)[C@@H](NC(C)=O)[C@H]([C@H](O)[C@H](O)CO)O2)[C@H]4O)(C(=O)[O-])C[C@@H]1O. The van der Waals surface area contributed by atoms with Crippen LogP contribution in [0.4, 0.5) is 0 Å². The number of aliphatic carboxylic acids is 3. The Labute approximate surface area is 623 Å². The lowest BCUT2D eigenvalue weighted by molar-refractivity contribution is -0.407. The van der Waals surface area contributed by atoms with Gasteiger partial charge in [-0.05, 0) is 0 Å². The van der Waals surface area contributed by atoms with Crippen LogP contribution in [0.5, 0.6) is 0 Å². The molecule has 7 aliphatic rings. The summed E-state index contributed by atoms with van der Waals surface area (Å²) in [6.45, 7) is -5.17. The van der Waals surface area contributed by atoms with Crippen molar-refractivity contribution in [2.24, 2.45) is 0 Å². The maximum atomic E-state index is 13.4. The van der Waals surface area contributed by atoms with Gasteiger partial charge in [0.1, 0.15) is 163 Å². The molecule has 0 radical (unpaired) electrons. The number of carboxylic acids is 3. The zero-order valence-electron chi connectivity index (χ0n) is 58.7. The van der Waals surface area contributed by atoms with Crippen LogP contribution in [0.25, 0.3) is 0 Å². The van der Waals surface area contributed by atoms with Crippen molar-refractivity contribution in [3.8, 4) is 0 Å². The van der Waals surface area contributed by atoms with Gasteiger partial charge in [0.05, 0.1) is 114 Å². The van der Waals surface area contributed by atoms with Crippen molar-refractivity contribution >= 4 is 35.6 Å². The van der Waals surface area contributed by atoms with Crippen molar-refractivity contribution in [3.63, 3.8) is 0 Å². The Morgan fingerprint density at radius 3 is 0.901 bits per heavy atom. The number of nitrogens with zero attached hydrogens (tertiary/aromatic N) is 9. The van der Waals surface area contributed by atoms with Gasteiger partial charge in [-0.1, -0.05) is 15.6 Å². The molecule has 7 aliphatic heterocycles. The molecule has 51 heteroatoms. The molecule has 0 unspecified atom stereocenters. The molecule has 0 aliphatic carbocycles. The van der Waals surface area contributed by atoms with Crippen LogP contribution in [0, 0.1) is 0 Å². The van der Waals surface area contributed by atoms with E-state index in [2.05, 4.69) is 46.9 Å². The van der Waals surface area contributed by atoms with E-state index >= 15 is 0 Å². The minimum atomic E-state index is -3.37. The number of ether oxygens (including phenoxy) is 12. The number of carbonyl (C=O) groups excluding carboxylic acids is 6. The number of carboxylic acid groups (broad SMARTS) is 3. The van der Waals surface area contributed by atoms with Gasteiger partial charge in [0, 0.05) is 40.0 Å². The van der Waals surface area contributed by atoms with E-state index in [1.165, 1.54) is 0 Å². The molecular formula is C60H87N12O39-3.